The fourth-order valence-corrected chi connectivity index (χ4v) is 7.18. The third-order valence-electron chi connectivity index (χ3n) is 10.5. The largest absolute Gasteiger partial charge is 0.481 e. The summed E-state index contributed by atoms with van der Waals surface area (Å²) < 4.78 is 16.9. The van der Waals surface area contributed by atoms with E-state index in [-0.39, 0.29) is 32.7 Å². The number of ether oxygens (including phenoxy) is 3. The van der Waals surface area contributed by atoms with Crippen LogP contribution in [0.3, 0.4) is 0 Å². The molecule has 4 unspecified atom stereocenters. The molecule has 0 aromatic heterocycles. The molecule has 4 atom stereocenters. The molecule has 298 valence electrons. The summed E-state index contributed by atoms with van der Waals surface area (Å²) >= 11 is 0. The second-order valence-electron chi connectivity index (χ2n) is 16.6. The molecule has 1 fully saturated rings. The molecule has 0 spiro atoms. The SMILES string of the molecule is CC(C)CCCCCCCCOC(=O)C1CC(C(=O)OCCCCCCCCC(C)C)C(C(=O)OCCCCCCCCC(C)C)CC1C(=O)O. The van der Waals surface area contributed by atoms with Gasteiger partial charge in [-0.25, -0.2) is 0 Å². The van der Waals surface area contributed by atoms with E-state index in [2.05, 4.69) is 41.5 Å². The zero-order chi connectivity index (χ0) is 37.9. The van der Waals surface area contributed by atoms with Crippen LogP contribution in [0.4, 0.5) is 0 Å². The highest BCUT2D eigenvalue weighted by atomic mass is 16.5. The van der Waals surface area contributed by atoms with Crippen molar-refractivity contribution in [3.05, 3.63) is 0 Å². The van der Waals surface area contributed by atoms with Crippen LogP contribution in [0, 0.1) is 41.4 Å². The molecular formula is C43H78O8. The van der Waals surface area contributed by atoms with Gasteiger partial charge in [0.05, 0.1) is 43.5 Å². The maximum Gasteiger partial charge on any atom is 0.309 e. The van der Waals surface area contributed by atoms with Crippen molar-refractivity contribution in [1.82, 2.24) is 0 Å². The van der Waals surface area contributed by atoms with Crippen molar-refractivity contribution in [3.63, 3.8) is 0 Å². The third kappa shape index (κ3) is 23.2. The maximum absolute atomic E-state index is 13.5. The molecule has 0 aliphatic heterocycles. The lowest BCUT2D eigenvalue weighted by Crippen LogP contribution is -2.46. The Bertz CT molecular complexity index is 929. The number of carbonyl (C=O) groups excluding carboxylic acids is 3. The fraction of sp³-hybridized carbons (Fsp3) is 0.907. The van der Waals surface area contributed by atoms with E-state index in [1.165, 1.54) is 57.8 Å². The van der Waals surface area contributed by atoms with Gasteiger partial charge in [-0.1, -0.05) is 157 Å². The van der Waals surface area contributed by atoms with Crippen LogP contribution in [0.15, 0.2) is 0 Å². The van der Waals surface area contributed by atoms with Gasteiger partial charge in [-0.2, -0.15) is 0 Å². The Hall–Kier alpha value is -2.12. The van der Waals surface area contributed by atoms with Crippen molar-refractivity contribution >= 4 is 23.9 Å². The molecule has 1 aliphatic rings. The van der Waals surface area contributed by atoms with Crippen molar-refractivity contribution in [2.45, 2.75) is 189 Å². The van der Waals surface area contributed by atoms with Crippen LogP contribution < -0.4 is 0 Å². The van der Waals surface area contributed by atoms with Gasteiger partial charge in [0.1, 0.15) is 0 Å². The standard InChI is InChI=1S/C43H78O8/c1-33(2)25-19-13-7-10-16-22-28-49-41(46)37-32-39(43(48)51-30-24-18-12-9-15-21-27-35(5)6)38(31-36(37)40(44)45)42(47)50-29-23-17-11-8-14-20-26-34(3)4/h33-39H,7-32H2,1-6H3,(H,44,45). The predicted molar refractivity (Wildman–Crippen MR) is 205 cm³/mol. The molecule has 8 nitrogen and oxygen atoms in total. The van der Waals surface area contributed by atoms with Gasteiger partial charge in [-0.3, -0.25) is 19.2 Å². The second-order valence-corrected chi connectivity index (χ2v) is 16.6. The predicted octanol–water partition coefficient (Wildman–Crippen LogP) is 11.1. The molecule has 1 N–H and O–H groups in total. The Labute approximate surface area is 312 Å². The molecule has 1 rings (SSSR count). The highest BCUT2D eigenvalue weighted by Crippen LogP contribution is 2.40. The number of carboxylic acids is 1. The number of carboxylic acid groups (broad SMARTS) is 1. The summed E-state index contributed by atoms with van der Waals surface area (Å²) in [7, 11) is 0. The summed E-state index contributed by atoms with van der Waals surface area (Å²) in [4.78, 5) is 52.5. The van der Waals surface area contributed by atoms with Crippen LogP contribution in [-0.2, 0) is 33.4 Å². The average molecular weight is 723 g/mol. The summed E-state index contributed by atoms with van der Waals surface area (Å²) in [6.07, 6.45) is 22.6. The van der Waals surface area contributed by atoms with E-state index in [0.717, 1.165) is 94.8 Å². The van der Waals surface area contributed by atoms with Crippen LogP contribution in [0.5, 0.6) is 0 Å². The van der Waals surface area contributed by atoms with Crippen LogP contribution in [0.1, 0.15) is 189 Å². The molecular weight excluding hydrogens is 644 g/mol. The molecule has 1 saturated carbocycles. The van der Waals surface area contributed by atoms with Crippen LogP contribution in [0.2, 0.25) is 0 Å². The Kier molecular flexibility index (Phi) is 27.0. The lowest BCUT2D eigenvalue weighted by Gasteiger charge is -2.36. The topological polar surface area (TPSA) is 116 Å². The highest BCUT2D eigenvalue weighted by molar-refractivity contribution is 5.87. The zero-order valence-electron chi connectivity index (χ0n) is 33.7. The van der Waals surface area contributed by atoms with Crippen LogP contribution >= 0.6 is 0 Å². The van der Waals surface area contributed by atoms with Crippen molar-refractivity contribution in [1.29, 1.82) is 0 Å². The summed E-state index contributed by atoms with van der Waals surface area (Å²) in [6.45, 7) is 14.2. The minimum absolute atomic E-state index is 0.0868. The monoisotopic (exact) mass is 723 g/mol. The summed E-state index contributed by atoms with van der Waals surface area (Å²) in [6, 6.07) is 0. The van der Waals surface area contributed by atoms with Crippen molar-refractivity contribution < 1.29 is 38.5 Å². The van der Waals surface area contributed by atoms with Gasteiger partial charge in [0, 0.05) is 0 Å². The van der Waals surface area contributed by atoms with E-state index in [4.69, 9.17) is 14.2 Å². The molecule has 51 heavy (non-hydrogen) atoms. The molecule has 0 amide bonds. The van der Waals surface area contributed by atoms with Gasteiger partial charge in [0.2, 0.25) is 0 Å². The lowest BCUT2D eigenvalue weighted by molar-refractivity contribution is -0.174. The molecule has 0 saturated heterocycles. The van der Waals surface area contributed by atoms with E-state index >= 15 is 0 Å². The first-order chi connectivity index (χ1) is 24.4. The van der Waals surface area contributed by atoms with Crippen LogP contribution in [-0.4, -0.2) is 48.8 Å². The third-order valence-corrected chi connectivity index (χ3v) is 10.5. The van der Waals surface area contributed by atoms with E-state index in [1.54, 1.807) is 0 Å². The van der Waals surface area contributed by atoms with Crippen LogP contribution in [0.25, 0.3) is 0 Å². The number of esters is 3. The fourth-order valence-electron chi connectivity index (χ4n) is 7.18. The van der Waals surface area contributed by atoms with E-state index < -0.39 is 47.5 Å². The van der Waals surface area contributed by atoms with Crippen molar-refractivity contribution in [3.8, 4) is 0 Å². The Morgan fingerprint density at radius 1 is 0.412 bits per heavy atom. The van der Waals surface area contributed by atoms with Gasteiger partial charge in [0.15, 0.2) is 0 Å². The number of hydrogen-bond acceptors (Lipinski definition) is 7. The minimum atomic E-state index is -1.16. The Morgan fingerprint density at radius 2 is 0.647 bits per heavy atom. The van der Waals surface area contributed by atoms with E-state index in [0.29, 0.717) is 0 Å². The summed E-state index contributed by atoms with van der Waals surface area (Å²) in [5, 5.41) is 10.1. The molecule has 0 bridgehead atoms. The van der Waals surface area contributed by atoms with Crippen molar-refractivity contribution in [2.75, 3.05) is 19.8 Å². The Balaban J connectivity index is 2.71. The number of unbranched alkanes of at least 4 members (excludes halogenated alkanes) is 15. The molecule has 0 heterocycles. The van der Waals surface area contributed by atoms with E-state index in [9.17, 15) is 24.3 Å². The number of aliphatic carboxylic acids is 1. The number of hydrogen-bond donors (Lipinski definition) is 1. The van der Waals surface area contributed by atoms with Gasteiger partial charge >= 0.3 is 23.9 Å². The van der Waals surface area contributed by atoms with Crippen molar-refractivity contribution in [2.24, 2.45) is 41.4 Å². The number of carbonyl (C=O) groups is 4. The highest BCUT2D eigenvalue weighted by Gasteiger charge is 2.50. The smallest absolute Gasteiger partial charge is 0.309 e. The molecule has 8 heteroatoms. The summed E-state index contributed by atoms with van der Waals surface area (Å²) in [5.74, 6) is -4.73. The molecule has 0 aromatic rings. The first-order valence-electron chi connectivity index (χ1n) is 21.2. The van der Waals surface area contributed by atoms with Gasteiger partial charge in [-0.15, -0.1) is 0 Å². The second kappa shape index (κ2) is 29.3. The number of rotatable bonds is 31. The quantitative estimate of drug-likeness (QED) is 0.0427. The first-order valence-corrected chi connectivity index (χ1v) is 21.2. The molecule has 0 aromatic carbocycles. The van der Waals surface area contributed by atoms with E-state index in [1.807, 2.05) is 0 Å². The zero-order valence-corrected chi connectivity index (χ0v) is 33.7. The van der Waals surface area contributed by atoms with Gasteiger partial charge in [-0.05, 0) is 49.9 Å². The lowest BCUT2D eigenvalue weighted by atomic mass is 9.68. The minimum Gasteiger partial charge on any atom is -0.481 e. The average Bonchev–Trinajstić information content (AvgIpc) is 3.08. The van der Waals surface area contributed by atoms with Gasteiger partial charge in [0.25, 0.3) is 0 Å². The normalized spacial score (nSPS) is 19.1. The summed E-state index contributed by atoms with van der Waals surface area (Å²) in [5.41, 5.74) is 0. The van der Waals surface area contributed by atoms with Gasteiger partial charge < -0.3 is 19.3 Å². The molecule has 1 aliphatic carbocycles. The molecule has 0 radical (unpaired) electrons. The maximum atomic E-state index is 13.5. The Morgan fingerprint density at radius 3 is 0.922 bits per heavy atom. The first kappa shape index (κ1) is 46.9.